The Morgan fingerprint density at radius 2 is 1.31 bits per heavy atom. The second kappa shape index (κ2) is 13.5. The molecule has 49 heavy (non-hydrogen) atoms. The Morgan fingerprint density at radius 1 is 0.694 bits per heavy atom. The van der Waals surface area contributed by atoms with Gasteiger partial charge in [-0.2, -0.15) is 5.10 Å². The number of nitrogens with zero attached hydrogens (tertiary/aromatic N) is 6. The van der Waals surface area contributed by atoms with Crippen LogP contribution in [0, 0.1) is 31.6 Å². The van der Waals surface area contributed by atoms with Crippen molar-refractivity contribution in [3.8, 4) is 28.4 Å². The molecule has 2 aromatic carbocycles. The summed E-state index contributed by atoms with van der Waals surface area (Å²) in [5, 5.41) is 14.6. The first kappa shape index (κ1) is 34.7. The zero-order valence-corrected chi connectivity index (χ0v) is 29.8. The summed E-state index contributed by atoms with van der Waals surface area (Å²) in [5.41, 5.74) is 8.92. The highest BCUT2D eigenvalue weighted by Crippen LogP contribution is 2.31. The zero-order chi connectivity index (χ0) is 35.7. The second-order valence-corrected chi connectivity index (χ2v) is 14.2. The van der Waals surface area contributed by atoms with Crippen LogP contribution >= 0.6 is 0 Å². The van der Waals surface area contributed by atoms with Crippen LogP contribution in [0.4, 0.5) is 11.4 Å². The van der Waals surface area contributed by atoms with Crippen LogP contribution in [0.1, 0.15) is 58.2 Å². The van der Waals surface area contributed by atoms with Gasteiger partial charge in [0.25, 0.3) is 0 Å². The molecule has 0 bridgehead atoms. The molecule has 4 heterocycles. The van der Waals surface area contributed by atoms with Crippen molar-refractivity contribution in [2.24, 2.45) is 10.8 Å². The highest BCUT2D eigenvalue weighted by molar-refractivity contribution is 5.96. The fraction of sp³-hybridized carbons (Fsp3) is 0.316. The molecule has 6 rings (SSSR count). The molecule has 0 atom stereocenters. The minimum Gasteiger partial charge on any atom is -0.480 e. The lowest BCUT2D eigenvalue weighted by Crippen LogP contribution is -2.28. The van der Waals surface area contributed by atoms with Gasteiger partial charge >= 0.3 is 0 Å². The highest BCUT2D eigenvalue weighted by Gasteiger charge is 2.23. The summed E-state index contributed by atoms with van der Waals surface area (Å²) < 4.78 is 8.60. The van der Waals surface area contributed by atoms with Crippen LogP contribution in [0.2, 0.25) is 0 Å². The predicted molar refractivity (Wildman–Crippen MR) is 194 cm³/mol. The van der Waals surface area contributed by atoms with Crippen LogP contribution in [0.15, 0.2) is 73.2 Å². The van der Waals surface area contributed by atoms with E-state index in [1.54, 1.807) is 28.4 Å². The van der Waals surface area contributed by atoms with Gasteiger partial charge < -0.3 is 15.4 Å². The molecule has 6 aromatic rings. The van der Waals surface area contributed by atoms with E-state index in [0.29, 0.717) is 5.88 Å². The number of nitrogens with one attached hydrogen (secondary N) is 2. The van der Waals surface area contributed by atoms with Gasteiger partial charge in [0.15, 0.2) is 11.3 Å². The Kier molecular flexibility index (Phi) is 9.57. The topological polar surface area (TPSA) is 128 Å². The van der Waals surface area contributed by atoms with Crippen molar-refractivity contribution in [1.29, 1.82) is 0 Å². The molecule has 0 saturated heterocycles. The van der Waals surface area contributed by atoms with Crippen LogP contribution < -0.4 is 15.4 Å². The maximum Gasteiger partial charge on any atom is 0.231 e. The number of imidazole rings is 2. The number of amides is 2. The Morgan fingerprint density at radius 3 is 1.94 bits per heavy atom. The number of rotatable bonds is 5. The molecule has 0 unspecified atom stereocenters. The summed E-state index contributed by atoms with van der Waals surface area (Å²) >= 11 is 0. The maximum absolute atomic E-state index is 12.4. The fourth-order valence-electron chi connectivity index (χ4n) is 4.87. The molecule has 11 nitrogen and oxygen atoms in total. The van der Waals surface area contributed by atoms with E-state index in [4.69, 9.17) is 4.74 Å². The number of hydrogen-bond acceptors (Lipinski definition) is 7. The lowest BCUT2D eigenvalue weighted by molar-refractivity contribution is -0.123. The van der Waals surface area contributed by atoms with Crippen molar-refractivity contribution in [3.63, 3.8) is 0 Å². The lowest BCUT2D eigenvalue weighted by atomic mass is 9.95. The van der Waals surface area contributed by atoms with E-state index in [2.05, 4.69) is 36.9 Å². The van der Waals surface area contributed by atoms with Gasteiger partial charge in [-0.25, -0.2) is 19.0 Å². The molecule has 0 saturated carbocycles. The fourth-order valence-corrected chi connectivity index (χ4v) is 4.87. The Bertz CT molecular complexity index is 2130. The Labute approximate surface area is 286 Å². The molecule has 0 aliphatic heterocycles. The molecular weight excluding hydrogens is 616 g/mol. The van der Waals surface area contributed by atoms with E-state index in [9.17, 15) is 9.59 Å². The third kappa shape index (κ3) is 7.94. The molecular formula is C38H44N8O3. The molecule has 11 heteroatoms. The number of anilines is 2. The number of carbonyl (C=O) groups excluding carboxylic acids is 2. The third-order valence-corrected chi connectivity index (χ3v) is 7.98. The maximum atomic E-state index is 12.4. The van der Waals surface area contributed by atoms with E-state index in [-0.39, 0.29) is 11.8 Å². The van der Waals surface area contributed by atoms with Gasteiger partial charge in [0.05, 0.1) is 30.9 Å². The van der Waals surface area contributed by atoms with E-state index in [1.807, 2.05) is 117 Å². The van der Waals surface area contributed by atoms with Gasteiger partial charge in [0.1, 0.15) is 0 Å². The molecule has 0 aliphatic rings. The van der Waals surface area contributed by atoms with Crippen LogP contribution in [-0.2, 0) is 9.59 Å². The molecule has 2 amide bonds. The number of ether oxygens (including phenoxy) is 1. The standard InChI is InChI=1S/C20H24N4O2.C18H20N4O/c1-12-9-13(2)15(22-19(25)20(3,4)5)10-14(12)16-11-24-17(21-16)7-8-18(23-24)26-6;1-12-7-8-13(10-14(12)21-17(23)18(2,3)4)15-11-22-16(20-15)6-5-9-19-22/h7-11H,1-6H3,(H,22,25);5-11H,1-4H3,(H,21,23). The number of aromatic nitrogens is 6. The molecule has 4 aromatic heterocycles. The molecule has 0 fully saturated rings. The normalized spacial score (nSPS) is 11.6. The molecule has 0 aliphatic carbocycles. The third-order valence-electron chi connectivity index (χ3n) is 7.98. The summed E-state index contributed by atoms with van der Waals surface area (Å²) in [6.07, 6.45) is 5.48. The van der Waals surface area contributed by atoms with Gasteiger partial charge in [-0.1, -0.05) is 59.7 Å². The average Bonchev–Trinajstić information content (AvgIpc) is 3.67. The van der Waals surface area contributed by atoms with E-state index >= 15 is 0 Å². The number of fused-ring (bicyclic) bond motifs is 2. The summed E-state index contributed by atoms with van der Waals surface area (Å²) in [5.74, 6) is 0.506. The molecule has 0 radical (unpaired) electrons. The number of hydrogen-bond donors (Lipinski definition) is 2. The summed E-state index contributed by atoms with van der Waals surface area (Å²) in [7, 11) is 1.58. The number of benzene rings is 2. The summed E-state index contributed by atoms with van der Waals surface area (Å²) in [4.78, 5) is 33.8. The Balaban J connectivity index is 0.000000192. The van der Waals surface area contributed by atoms with Crippen molar-refractivity contribution in [2.45, 2.75) is 62.3 Å². The number of carbonyl (C=O) groups is 2. The summed E-state index contributed by atoms with van der Waals surface area (Å²) in [6, 6.07) is 17.4. The van der Waals surface area contributed by atoms with Crippen LogP contribution in [0.25, 0.3) is 33.8 Å². The number of methoxy groups -OCH3 is 1. The number of aryl methyl sites for hydroxylation is 3. The van der Waals surface area contributed by atoms with Crippen molar-refractivity contribution in [3.05, 3.63) is 89.9 Å². The monoisotopic (exact) mass is 660 g/mol. The first-order valence-corrected chi connectivity index (χ1v) is 16.1. The van der Waals surface area contributed by atoms with Crippen molar-refractivity contribution >= 4 is 34.5 Å². The average molecular weight is 661 g/mol. The van der Waals surface area contributed by atoms with Crippen LogP contribution in [-0.4, -0.2) is 48.1 Å². The SMILES string of the molecule is COc1ccc2nc(-c3cc(NC(=O)C(C)(C)C)c(C)cc3C)cn2n1.Cc1ccc(-c2cn3ncccc3n2)cc1NC(=O)C(C)(C)C. The van der Waals surface area contributed by atoms with Crippen LogP contribution in [0.5, 0.6) is 5.88 Å². The first-order chi connectivity index (χ1) is 23.0. The van der Waals surface area contributed by atoms with Gasteiger partial charge in [-0.05, 0) is 67.8 Å². The van der Waals surface area contributed by atoms with E-state index in [1.165, 1.54) is 0 Å². The van der Waals surface area contributed by atoms with Crippen molar-refractivity contribution < 1.29 is 14.3 Å². The zero-order valence-electron chi connectivity index (χ0n) is 29.8. The van der Waals surface area contributed by atoms with Gasteiger partial charge in [0.2, 0.25) is 17.7 Å². The first-order valence-electron chi connectivity index (χ1n) is 16.1. The second-order valence-electron chi connectivity index (χ2n) is 14.2. The highest BCUT2D eigenvalue weighted by atomic mass is 16.5. The molecule has 254 valence electrons. The van der Waals surface area contributed by atoms with Gasteiger partial charge in [0, 0.05) is 45.6 Å². The lowest BCUT2D eigenvalue weighted by Gasteiger charge is -2.19. The quantitative estimate of drug-likeness (QED) is 0.194. The van der Waals surface area contributed by atoms with Gasteiger partial charge in [-0.3, -0.25) is 9.59 Å². The van der Waals surface area contributed by atoms with Gasteiger partial charge in [-0.15, -0.1) is 5.10 Å². The van der Waals surface area contributed by atoms with E-state index < -0.39 is 10.8 Å². The predicted octanol–water partition coefficient (Wildman–Crippen LogP) is 7.70. The van der Waals surface area contributed by atoms with Crippen molar-refractivity contribution in [2.75, 3.05) is 17.7 Å². The van der Waals surface area contributed by atoms with E-state index in [0.717, 1.165) is 61.9 Å². The van der Waals surface area contributed by atoms with Crippen LogP contribution in [0.3, 0.4) is 0 Å². The summed E-state index contributed by atoms with van der Waals surface area (Å²) in [6.45, 7) is 17.4. The Hall–Kier alpha value is -5.58. The van der Waals surface area contributed by atoms with Crippen molar-refractivity contribution in [1.82, 2.24) is 29.2 Å². The minimum atomic E-state index is -0.457. The largest absolute Gasteiger partial charge is 0.480 e. The molecule has 2 N–H and O–H groups in total. The molecule has 0 spiro atoms. The minimum absolute atomic E-state index is 0.00517. The smallest absolute Gasteiger partial charge is 0.231 e.